The fourth-order valence-corrected chi connectivity index (χ4v) is 1.62. The lowest BCUT2D eigenvalue weighted by molar-refractivity contribution is -0.138. The summed E-state index contributed by atoms with van der Waals surface area (Å²) in [6.45, 7) is 0. The van der Waals surface area contributed by atoms with Gasteiger partial charge in [-0.2, -0.15) is 0 Å². The Labute approximate surface area is 81.9 Å². The van der Waals surface area contributed by atoms with Gasteiger partial charge in [0.2, 0.25) is 0 Å². The molecule has 1 unspecified atom stereocenters. The molecule has 0 spiro atoms. The van der Waals surface area contributed by atoms with Gasteiger partial charge in [0, 0.05) is 5.69 Å². The largest absolute Gasteiger partial charge is 0.480 e. The van der Waals surface area contributed by atoms with Gasteiger partial charge >= 0.3 is 5.97 Å². The SMILES string of the molecule is O.O=C(O)C1CCc2ccccc2N1. The van der Waals surface area contributed by atoms with Crippen LogP contribution in [0, 0.1) is 0 Å². The van der Waals surface area contributed by atoms with Crippen LogP contribution < -0.4 is 5.32 Å². The number of benzene rings is 1. The van der Waals surface area contributed by atoms with Gasteiger partial charge in [0.1, 0.15) is 6.04 Å². The summed E-state index contributed by atoms with van der Waals surface area (Å²) in [7, 11) is 0. The lowest BCUT2D eigenvalue weighted by atomic mass is 9.98. The van der Waals surface area contributed by atoms with E-state index < -0.39 is 12.0 Å². The van der Waals surface area contributed by atoms with Gasteiger partial charge in [0.05, 0.1) is 0 Å². The number of aliphatic carboxylic acids is 1. The van der Waals surface area contributed by atoms with Gasteiger partial charge in [-0.05, 0) is 24.5 Å². The highest BCUT2D eigenvalue weighted by molar-refractivity contribution is 5.78. The molecule has 0 amide bonds. The van der Waals surface area contributed by atoms with Crippen LogP contribution in [0.5, 0.6) is 0 Å². The van der Waals surface area contributed by atoms with Crippen molar-refractivity contribution in [3.05, 3.63) is 29.8 Å². The van der Waals surface area contributed by atoms with E-state index in [1.807, 2.05) is 24.3 Å². The van der Waals surface area contributed by atoms with E-state index in [1.54, 1.807) is 0 Å². The highest BCUT2D eigenvalue weighted by Crippen LogP contribution is 2.23. The summed E-state index contributed by atoms with van der Waals surface area (Å²) in [5.74, 6) is -0.769. The molecule has 0 saturated heterocycles. The zero-order chi connectivity index (χ0) is 9.26. The lowest BCUT2D eigenvalue weighted by Crippen LogP contribution is -2.33. The number of rotatable bonds is 1. The number of aryl methyl sites for hydroxylation is 1. The van der Waals surface area contributed by atoms with E-state index in [1.165, 1.54) is 5.56 Å². The minimum atomic E-state index is -0.769. The first kappa shape index (κ1) is 10.5. The molecule has 1 atom stereocenters. The lowest BCUT2D eigenvalue weighted by Gasteiger charge is -2.23. The summed E-state index contributed by atoms with van der Waals surface area (Å²) in [5, 5.41) is 11.8. The summed E-state index contributed by atoms with van der Waals surface area (Å²) >= 11 is 0. The average molecular weight is 195 g/mol. The van der Waals surface area contributed by atoms with Gasteiger partial charge in [0.25, 0.3) is 0 Å². The Balaban J connectivity index is 0.000000980. The van der Waals surface area contributed by atoms with Crippen molar-refractivity contribution in [3.63, 3.8) is 0 Å². The van der Waals surface area contributed by atoms with Crippen molar-refractivity contribution >= 4 is 11.7 Å². The maximum absolute atomic E-state index is 10.7. The molecule has 4 nitrogen and oxygen atoms in total. The molecule has 0 saturated carbocycles. The molecule has 1 aliphatic heterocycles. The van der Waals surface area contributed by atoms with Crippen LogP contribution in [0.3, 0.4) is 0 Å². The van der Waals surface area contributed by atoms with E-state index >= 15 is 0 Å². The average Bonchev–Trinajstić information content (AvgIpc) is 2.17. The van der Waals surface area contributed by atoms with Crippen molar-refractivity contribution in [2.75, 3.05) is 5.32 Å². The summed E-state index contributed by atoms with van der Waals surface area (Å²) in [4.78, 5) is 10.7. The first-order valence-corrected chi connectivity index (χ1v) is 4.34. The molecular weight excluding hydrogens is 182 g/mol. The van der Waals surface area contributed by atoms with E-state index in [4.69, 9.17) is 5.11 Å². The zero-order valence-electron chi connectivity index (χ0n) is 7.66. The fraction of sp³-hybridized carbons (Fsp3) is 0.300. The van der Waals surface area contributed by atoms with Crippen LogP contribution in [0.25, 0.3) is 0 Å². The smallest absolute Gasteiger partial charge is 0.326 e. The third-order valence-corrected chi connectivity index (χ3v) is 2.35. The Bertz CT molecular complexity index is 338. The summed E-state index contributed by atoms with van der Waals surface area (Å²) in [6, 6.07) is 7.41. The van der Waals surface area contributed by atoms with Gasteiger partial charge in [-0.25, -0.2) is 4.79 Å². The summed E-state index contributed by atoms with van der Waals surface area (Å²) in [6.07, 6.45) is 1.52. The minimum Gasteiger partial charge on any atom is -0.480 e. The summed E-state index contributed by atoms with van der Waals surface area (Å²) < 4.78 is 0. The number of carbonyl (C=O) groups is 1. The van der Waals surface area contributed by atoms with Crippen molar-refractivity contribution in [2.45, 2.75) is 18.9 Å². The first-order chi connectivity index (χ1) is 6.27. The van der Waals surface area contributed by atoms with Gasteiger partial charge in [-0.15, -0.1) is 0 Å². The van der Waals surface area contributed by atoms with Crippen molar-refractivity contribution in [3.8, 4) is 0 Å². The molecule has 0 radical (unpaired) electrons. The Morgan fingerprint density at radius 1 is 1.43 bits per heavy atom. The number of hydrogen-bond donors (Lipinski definition) is 2. The molecule has 1 aromatic carbocycles. The molecule has 0 aromatic heterocycles. The number of carboxylic acids is 1. The van der Waals surface area contributed by atoms with E-state index in [2.05, 4.69) is 5.32 Å². The number of nitrogens with one attached hydrogen (secondary N) is 1. The fourth-order valence-electron chi connectivity index (χ4n) is 1.62. The molecule has 0 bridgehead atoms. The number of hydrogen-bond acceptors (Lipinski definition) is 2. The topological polar surface area (TPSA) is 80.8 Å². The number of para-hydroxylation sites is 1. The Hall–Kier alpha value is -1.55. The van der Waals surface area contributed by atoms with Crippen molar-refractivity contribution in [1.29, 1.82) is 0 Å². The van der Waals surface area contributed by atoms with Gasteiger partial charge in [-0.1, -0.05) is 18.2 Å². The van der Waals surface area contributed by atoms with Crippen LogP contribution >= 0.6 is 0 Å². The molecular formula is C10H13NO3. The molecule has 0 fully saturated rings. The molecule has 4 heteroatoms. The van der Waals surface area contributed by atoms with Crippen LogP contribution in [-0.2, 0) is 11.2 Å². The molecule has 4 N–H and O–H groups in total. The Morgan fingerprint density at radius 2 is 2.14 bits per heavy atom. The van der Waals surface area contributed by atoms with Crippen molar-refractivity contribution < 1.29 is 15.4 Å². The molecule has 14 heavy (non-hydrogen) atoms. The normalized spacial score (nSPS) is 18.7. The minimum absolute atomic E-state index is 0. The Morgan fingerprint density at radius 3 is 2.86 bits per heavy atom. The number of anilines is 1. The summed E-state index contributed by atoms with van der Waals surface area (Å²) in [5.41, 5.74) is 2.17. The van der Waals surface area contributed by atoms with E-state index in [0.717, 1.165) is 12.1 Å². The molecule has 1 aromatic rings. The van der Waals surface area contributed by atoms with Crippen LogP contribution in [0.4, 0.5) is 5.69 Å². The van der Waals surface area contributed by atoms with Crippen molar-refractivity contribution in [1.82, 2.24) is 0 Å². The van der Waals surface area contributed by atoms with Crippen LogP contribution in [0.1, 0.15) is 12.0 Å². The Kier molecular flexibility index (Phi) is 3.09. The predicted molar refractivity (Wildman–Crippen MR) is 53.4 cm³/mol. The second kappa shape index (κ2) is 4.11. The highest BCUT2D eigenvalue weighted by Gasteiger charge is 2.22. The van der Waals surface area contributed by atoms with E-state index in [-0.39, 0.29) is 5.48 Å². The molecule has 0 aliphatic carbocycles. The van der Waals surface area contributed by atoms with E-state index in [0.29, 0.717) is 6.42 Å². The quantitative estimate of drug-likeness (QED) is 0.691. The maximum atomic E-state index is 10.7. The monoisotopic (exact) mass is 195 g/mol. The third kappa shape index (κ3) is 1.85. The van der Waals surface area contributed by atoms with Gasteiger partial charge < -0.3 is 15.9 Å². The van der Waals surface area contributed by atoms with Gasteiger partial charge in [-0.3, -0.25) is 0 Å². The standard InChI is InChI=1S/C10H11NO2.H2O/c12-10(13)9-6-5-7-3-1-2-4-8(7)11-9;/h1-4,9,11H,5-6H2,(H,12,13);1H2. The second-order valence-electron chi connectivity index (χ2n) is 3.23. The zero-order valence-corrected chi connectivity index (χ0v) is 7.66. The third-order valence-electron chi connectivity index (χ3n) is 2.35. The van der Waals surface area contributed by atoms with Crippen molar-refractivity contribution in [2.24, 2.45) is 0 Å². The molecule has 76 valence electrons. The molecule has 2 rings (SSSR count). The maximum Gasteiger partial charge on any atom is 0.326 e. The van der Waals surface area contributed by atoms with Crippen LogP contribution in [-0.4, -0.2) is 22.6 Å². The van der Waals surface area contributed by atoms with Crippen LogP contribution in [0.15, 0.2) is 24.3 Å². The number of carboxylic acid groups (broad SMARTS) is 1. The van der Waals surface area contributed by atoms with Crippen LogP contribution in [0.2, 0.25) is 0 Å². The highest BCUT2D eigenvalue weighted by atomic mass is 16.4. The number of fused-ring (bicyclic) bond motifs is 1. The van der Waals surface area contributed by atoms with Gasteiger partial charge in [0.15, 0.2) is 0 Å². The molecule has 1 aliphatic rings. The predicted octanol–water partition coefficient (Wildman–Crippen LogP) is 0.673. The second-order valence-corrected chi connectivity index (χ2v) is 3.23. The molecule has 1 heterocycles. The van der Waals surface area contributed by atoms with E-state index in [9.17, 15) is 4.79 Å². The first-order valence-electron chi connectivity index (χ1n) is 4.34.